The van der Waals surface area contributed by atoms with E-state index in [0.717, 1.165) is 25.7 Å². The number of hydrogen-bond acceptors (Lipinski definition) is 4. The average molecular weight is 224 g/mol. The Labute approximate surface area is 94.6 Å². The second-order valence-electron chi connectivity index (χ2n) is 4.42. The summed E-state index contributed by atoms with van der Waals surface area (Å²) in [6, 6.07) is 0. The molecule has 16 heavy (non-hydrogen) atoms. The lowest BCUT2D eigenvalue weighted by atomic mass is 9.55. The fraction of sp³-hybridized carbons (Fsp3) is 0.667. The molecule has 4 nitrogen and oxygen atoms in total. The van der Waals surface area contributed by atoms with Gasteiger partial charge in [0.2, 0.25) is 0 Å². The van der Waals surface area contributed by atoms with Gasteiger partial charge in [0, 0.05) is 11.5 Å². The molecule has 0 bridgehead atoms. The molecule has 0 aromatic carbocycles. The lowest BCUT2D eigenvalue weighted by Crippen LogP contribution is -2.49. The fourth-order valence-corrected chi connectivity index (χ4v) is 2.90. The van der Waals surface area contributed by atoms with Crippen LogP contribution in [0.25, 0.3) is 0 Å². The Morgan fingerprint density at radius 2 is 2.06 bits per heavy atom. The van der Waals surface area contributed by atoms with Gasteiger partial charge in [-0.3, -0.25) is 4.79 Å². The zero-order chi connectivity index (χ0) is 11.8. The summed E-state index contributed by atoms with van der Waals surface area (Å²) >= 11 is 0. The van der Waals surface area contributed by atoms with E-state index >= 15 is 0 Å². The van der Waals surface area contributed by atoms with Crippen LogP contribution in [0, 0.1) is 11.3 Å². The molecular weight excluding hydrogens is 208 g/mol. The Balaban J connectivity index is 2.28. The van der Waals surface area contributed by atoms with Crippen LogP contribution in [0.15, 0.2) is 11.6 Å². The summed E-state index contributed by atoms with van der Waals surface area (Å²) in [5, 5.41) is 0. The minimum absolute atomic E-state index is 0.00106. The first-order chi connectivity index (χ1) is 7.65. The van der Waals surface area contributed by atoms with Gasteiger partial charge in [-0.05, 0) is 12.8 Å². The average Bonchev–Trinajstić information content (AvgIpc) is 2.29. The number of carbonyl (C=O) groups is 2. The normalized spacial score (nSPS) is 31.9. The second kappa shape index (κ2) is 3.92. The van der Waals surface area contributed by atoms with Crippen molar-refractivity contribution in [3.63, 3.8) is 0 Å². The molecule has 0 amide bonds. The SMILES string of the molecule is COC(=O)C1=CC2(C(=O)OC)CCCCC12. The van der Waals surface area contributed by atoms with Crippen LogP contribution in [0.4, 0.5) is 0 Å². The smallest absolute Gasteiger partial charge is 0.333 e. The summed E-state index contributed by atoms with van der Waals surface area (Å²) in [6.07, 6.45) is 5.46. The maximum atomic E-state index is 11.8. The van der Waals surface area contributed by atoms with Crippen molar-refractivity contribution in [3.05, 3.63) is 11.6 Å². The van der Waals surface area contributed by atoms with Crippen LogP contribution in [0.3, 0.4) is 0 Å². The molecule has 1 saturated carbocycles. The molecule has 2 atom stereocenters. The summed E-state index contributed by atoms with van der Waals surface area (Å²) in [7, 11) is 2.76. The Morgan fingerprint density at radius 1 is 1.31 bits per heavy atom. The van der Waals surface area contributed by atoms with E-state index in [9.17, 15) is 9.59 Å². The van der Waals surface area contributed by atoms with E-state index in [0.29, 0.717) is 5.57 Å². The largest absolute Gasteiger partial charge is 0.468 e. The van der Waals surface area contributed by atoms with Crippen molar-refractivity contribution in [2.75, 3.05) is 14.2 Å². The molecule has 0 heterocycles. The second-order valence-corrected chi connectivity index (χ2v) is 4.42. The molecule has 0 aromatic heterocycles. The summed E-state index contributed by atoms with van der Waals surface area (Å²) in [6.45, 7) is 0. The van der Waals surface area contributed by atoms with E-state index in [4.69, 9.17) is 9.47 Å². The Bertz CT molecular complexity index is 358. The molecule has 0 saturated heterocycles. The molecule has 0 N–H and O–H groups in total. The lowest BCUT2D eigenvalue weighted by molar-refractivity contribution is -0.157. The van der Waals surface area contributed by atoms with Gasteiger partial charge in [-0.25, -0.2) is 4.79 Å². The maximum absolute atomic E-state index is 11.8. The van der Waals surface area contributed by atoms with Crippen molar-refractivity contribution in [2.45, 2.75) is 25.7 Å². The third kappa shape index (κ3) is 1.36. The first-order valence-corrected chi connectivity index (χ1v) is 5.55. The molecule has 2 aliphatic carbocycles. The predicted molar refractivity (Wildman–Crippen MR) is 56.5 cm³/mol. The third-order valence-electron chi connectivity index (χ3n) is 3.73. The molecule has 4 heteroatoms. The van der Waals surface area contributed by atoms with E-state index in [-0.39, 0.29) is 17.9 Å². The van der Waals surface area contributed by atoms with Gasteiger partial charge in [0.25, 0.3) is 0 Å². The molecule has 0 aromatic rings. The predicted octanol–water partition coefficient (Wildman–Crippen LogP) is 1.45. The van der Waals surface area contributed by atoms with Gasteiger partial charge in [0.1, 0.15) is 0 Å². The van der Waals surface area contributed by atoms with Crippen molar-refractivity contribution in [1.29, 1.82) is 0 Å². The molecule has 2 unspecified atom stereocenters. The van der Waals surface area contributed by atoms with Gasteiger partial charge in [-0.1, -0.05) is 18.9 Å². The Kier molecular flexibility index (Phi) is 2.74. The minimum Gasteiger partial charge on any atom is -0.468 e. The summed E-state index contributed by atoms with van der Waals surface area (Å²) in [5.74, 6) is -0.530. The molecule has 0 aliphatic heterocycles. The first-order valence-electron chi connectivity index (χ1n) is 5.55. The lowest BCUT2D eigenvalue weighted by Gasteiger charge is -2.47. The molecule has 2 rings (SSSR count). The number of methoxy groups -OCH3 is 2. The Morgan fingerprint density at radius 3 is 2.69 bits per heavy atom. The zero-order valence-electron chi connectivity index (χ0n) is 9.62. The number of rotatable bonds is 2. The number of carbonyl (C=O) groups excluding carboxylic acids is 2. The summed E-state index contributed by atoms with van der Waals surface area (Å²) in [5.41, 5.74) is 0.101. The van der Waals surface area contributed by atoms with Crippen molar-refractivity contribution >= 4 is 11.9 Å². The fourth-order valence-electron chi connectivity index (χ4n) is 2.90. The number of hydrogen-bond donors (Lipinski definition) is 0. The van der Waals surface area contributed by atoms with Crippen LogP contribution < -0.4 is 0 Å². The van der Waals surface area contributed by atoms with E-state index in [1.165, 1.54) is 14.2 Å². The van der Waals surface area contributed by atoms with E-state index < -0.39 is 5.41 Å². The van der Waals surface area contributed by atoms with Gasteiger partial charge in [-0.15, -0.1) is 0 Å². The highest BCUT2D eigenvalue weighted by Crippen LogP contribution is 2.55. The van der Waals surface area contributed by atoms with Crippen molar-refractivity contribution in [3.8, 4) is 0 Å². The van der Waals surface area contributed by atoms with Crippen LogP contribution >= 0.6 is 0 Å². The van der Waals surface area contributed by atoms with Gasteiger partial charge in [0.05, 0.1) is 19.6 Å². The van der Waals surface area contributed by atoms with Gasteiger partial charge in [-0.2, -0.15) is 0 Å². The quantitative estimate of drug-likeness (QED) is 0.666. The standard InChI is InChI=1S/C12H16O4/c1-15-10(13)8-7-12(11(14)16-2)6-4-3-5-9(8)12/h7,9H,3-6H2,1-2H3. The summed E-state index contributed by atoms with van der Waals surface area (Å²) < 4.78 is 9.54. The van der Waals surface area contributed by atoms with Crippen LogP contribution in [-0.4, -0.2) is 26.2 Å². The Hall–Kier alpha value is -1.32. The zero-order valence-corrected chi connectivity index (χ0v) is 9.62. The first kappa shape index (κ1) is 11.2. The molecule has 88 valence electrons. The highest BCUT2D eigenvalue weighted by Gasteiger charge is 2.56. The molecule has 0 radical (unpaired) electrons. The van der Waals surface area contributed by atoms with Crippen LogP contribution in [0.5, 0.6) is 0 Å². The highest BCUT2D eigenvalue weighted by atomic mass is 16.5. The van der Waals surface area contributed by atoms with Crippen LogP contribution in [0.2, 0.25) is 0 Å². The third-order valence-corrected chi connectivity index (χ3v) is 3.73. The van der Waals surface area contributed by atoms with Crippen molar-refractivity contribution < 1.29 is 19.1 Å². The maximum Gasteiger partial charge on any atom is 0.333 e. The van der Waals surface area contributed by atoms with Gasteiger partial charge >= 0.3 is 11.9 Å². The van der Waals surface area contributed by atoms with Crippen molar-refractivity contribution in [1.82, 2.24) is 0 Å². The van der Waals surface area contributed by atoms with E-state index in [1.54, 1.807) is 6.08 Å². The number of ether oxygens (including phenoxy) is 2. The topological polar surface area (TPSA) is 52.6 Å². The van der Waals surface area contributed by atoms with Crippen LogP contribution in [-0.2, 0) is 19.1 Å². The molecule has 2 aliphatic rings. The molecular formula is C12H16O4. The van der Waals surface area contributed by atoms with Gasteiger partial charge in [0.15, 0.2) is 0 Å². The molecule has 0 spiro atoms. The summed E-state index contributed by atoms with van der Waals surface area (Å²) in [4.78, 5) is 23.2. The van der Waals surface area contributed by atoms with Gasteiger partial charge < -0.3 is 9.47 Å². The van der Waals surface area contributed by atoms with Crippen molar-refractivity contribution in [2.24, 2.45) is 11.3 Å². The van der Waals surface area contributed by atoms with E-state index in [1.807, 2.05) is 0 Å². The number of fused-ring (bicyclic) bond motifs is 1. The van der Waals surface area contributed by atoms with Crippen LogP contribution in [0.1, 0.15) is 25.7 Å². The highest BCUT2D eigenvalue weighted by molar-refractivity contribution is 5.96. The van der Waals surface area contributed by atoms with E-state index in [2.05, 4.69) is 0 Å². The number of esters is 2. The monoisotopic (exact) mass is 224 g/mol. The molecule has 1 fully saturated rings. The minimum atomic E-state index is -0.545.